The fourth-order valence-corrected chi connectivity index (χ4v) is 3.16. The summed E-state index contributed by atoms with van der Waals surface area (Å²) in [5, 5.41) is 5.62. The van der Waals surface area contributed by atoms with Gasteiger partial charge in [-0.2, -0.15) is 0 Å². The van der Waals surface area contributed by atoms with Gasteiger partial charge in [0.25, 0.3) is 0 Å². The van der Waals surface area contributed by atoms with Gasteiger partial charge in [-0.05, 0) is 53.8 Å². The van der Waals surface area contributed by atoms with E-state index < -0.39 is 0 Å². The van der Waals surface area contributed by atoms with Gasteiger partial charge in [0.15, 0.2) is 0 Å². The molecular weight excluding hydrogens is 294 g/mol. The maximum Gasteiger partial charge on any atom is 0.0594 e. The summed E-state index contributed by atoms with van der Waals surface area (Å²) in [6, 6.07) is 8.54. The number of aryl methyl sites for hydroxylation is 1. The molecule has 1 fully saturated rings. The van der Waals surface area contributed by atoms with Crippen molar-refractivity contribution in [2.24, 2.45) is 5.14 Å². The second-order valence-corrected chi connectivity index (χ2v) is 6.27. The number of ether oxygens (including phenoxy) is 1. The van der Waals surface area contributed by atoms with Crippen LogP contribution in [0.3, 0.4) is 0 Å². The third-order valence-corrected chi connectivity index (χ3v) is 4.48. The molecule has 1 aliphatic rings. The first kappa shape index (κ1) is 15.5. The summed E-state index contributed by atoms with van der Waals surface area (Å²) >= 11 is 1.28. The lowest BCUT2D eigenvalue weighted by atomic mass is 10.0. The van der Waals surface area contributed by atoms with E-state index in [0.29, 0.717) is 0 Å². The second kappa shape index (κ2) is 7.24. The third-order valence-electron chi connectivity index (χ3n) is 3.95. The molecule has 0 bridgehead atoms. The fourth-order valence-electron chi connectivity index (χ4n) is 2.77. The standard InChI is InChI=1S/C17H21N3OS/c1-13-8-16(22-18)2-3-17(13)15-9-14(10-19-11-15)12-20-4-6-21-7-5-20/h2-3,8-11H,4-7,12,18H2,1H3. The lowest BCUT2D eigenvalue weighted by molar-refractivity contribution is 0.0341. The highest BCUT2D eigenvalue weighted by molar-refractivity contribution is 7.97. The van der Waals surface area contributed by atoms with E-state index >= 15 is 0 Å². The average molecular weight is 315 g/mol. The van der Waals surface area contributed by atoms with Crippen LogP contribution in [0.4, 0.5) is 0 Å². The Labute approximate surface area is 135 Å². The van der Waals surface area contributed by atoms with Crippen LogP contribution in [-0.4, -0.2) is 36.2 Å². The summed E-state index contributed by atoms with van der Waals surface area (Å²) in [6.45, 7) is 6.68. The Kier molecular flexibility index (Phi) is 5.10. The summed E-state index contributed by atoms with van der Waals surface area (Å²) in [5.41, 5.74) is 4.85. The summed E-state index contributed by atoms with van der Waals surface area (Å²) in [7, 11) is 0. The summed E-state index contributed by atoms with van der Waals surface area (Å²) in [4.78, 5) is 7.91. The molecule has 1 saturated heterocycles. The zero-order valence-electron chi connectivity index (χ0n) is 12.8. The molecule has 2 aromatic rings. The Hall–Kier alpha value is -1.40. The third kappa shape index (κ3) is 3.67. The van der Waals surface area contributed by atoms with E-state index in [1.807, 2.05) is 12.4 Å². The predicted molar refractivity (Wildman–Crippen MR) is 90.6 cm³/mol. The molecule has 0 radical (unpaired) electrons. The molecule has 2 N–H and O–H groups in total. The minimum atomic E-state index is 0.824. The number of hydrogen-bond acceptors (Lipinski definition) is 5. The molecular formula is C17H21N3OS. The first-order valence-corrected chi connectivity index (χ1v) is 8.36. The van der Waals surface area contributed by atoms with Crippen LogP contribution in [0.1, 0.15) is 11.1 Å². The van der Waals surface area contributed by atoms with Crippen LogP contribution < -0.4 is 5.14 Å². The van der Waals surface area contributed by atoms with Crippen molar-refractivity contribution in [1.82, 2.24) is 9.88 Å². The van der Waals surface area contributed by atoms with Crippen LogP contribution in [0.15, 0.2) is 41.6 Å². The minimum absolute atomic E-state index is 0.824. The van der Waals surface area contributed by atoms with Gasteiger partial charge in [0.2, 0.25) is 0 Å². The largest absolute Gasteiger partial charge is 0.379 e. The maximum atomic E-state index is 5.62. The van der Waals surface area contributed by atoms with E-state index in [1.54, 1.807) is 0 Å². The average Bonchev–Trinajstić information content (AvgIpc) is 2.56. The fraction of sp³-hybridized carbons (Fsp3) is 0.353. The van der Waals surface area contributed by atoms with E-state index in [-0.39, 0.29) is 0 Å². The molecule has 4 nitrogen and oxygen atoms in total. The lowest BCUT2D eigenvalue weighted by Crippen LogP contribution is -2.35. The number of nitrogens with zero attached hydrogens (tertiary/aromatic N) is 2. The van der Waals surface area contributed by atoms with Gasteiger partial charge < -0.3 is 4.74 Å². The Balaban J connectivity index is 1.81. The van der Waals surface area contributed by atoms with Gasteiger partial charge in [-0.25, -0.2) is 0 Å². The normalized spacial score (nSPS) is 15.9. The molecule has 0 spiro atoms. The highest BCUT2D eigenvalue weighted by Crippen LogP contribution is 2.27. The van der Waals surface area contributed by atoms with Crippen molar-refractivity contribution < 1.29 is 4.74 Å². The molecule has 1 aliphatic heterocycles. The van der Waals surface area contributed by atoms with E-state index in [2.05, 4.69) is 41.1 Å². The van der Waals surface area contributed by atoms with Crippen LogP contribution >= 0.6 is 11.9 Å². The molecule has 0 unspecified atom stereocenters. The van der Waals surface area contributed by atoms with Gasteiger partial charge in [0.05, 0.1) is 13.2 Å². The Bertz CT molecular complexity index is 642. The molecule has 2 heterocycles. The number of rotatable bonds is 4. The molecule has 116 valence electrons. The molecule has 0 aliphatic carbocycles. The molecule has 0 saturated carbocycles. The van der Waals surface area contributed by atoms with E-state index in [0.717, 1.165) is 43.3 Å². The van der Waals surface area contributed by atoms with Gasteiger partial charge >= 0.3 is 0 Å². The Morgan fingerprint density at radius 1 is 1.23 bits per heavy atom. The number of benzene rings is 1. The first-order chi connectivity index (χ1) is 10.8. The minimum Gasteiger partial charge on any atom is -0.379 e. The predicted octanol–water partition coefficient (Wildman–Crippen LogP) is 2.86. The van der Waals surface area contributed by atoms with Gasteiger partial charge in [-0.1, -0.05) is 6.07 Å². The van der Waals surface area contributed by atoms with Gasteiger partial charge in [0.1, 0.15) is 0 Å². The zero-order valence-corrected chi connectivity index (χ0v) is 13.6. The monoisotopic (exact) mass is 315 g/mol. The number of aromatic nitrogens is 1. The van der Waals surface area contributed by atoms with Crippen molar-refractivity contribution in [2.75, 3.05) is 26.3 Å². The van der Waals surface area contributed by atoms with E-state index in [4.69, 9.17) is 9.88 Å². The topological polar surface area (TPSA) is 51.4 Å². The highest BCUT2D eigenvalue weighted by atomic mass is 32.2. The van der Waals surface area contributed by atoms with E-state index in [9.17, 15) is 0 Å². The Morgan fingerprint density at radius 3 is 2.77 bits per heavy atom. The van der Waals surface area contributed by atoms with Crippen LogP contribution in [0, 0.1) is 6.92 Å². The second-order valence-electron chi connectivity index (χ2n) is 5.56. The van der Waals surface area contributed by atoms with Crippen molar-refractivity contribution in [3.8, 4) is 11.1 Å². The molecule has 22 heavy (non-hydrogen) atoms. The summed E-state index contributed by atoms with van der Waals surface area (Å²) in [5.74, 6) is 0. The van der Waals surface area contributed by atoms with E-state index in [1.165, 1.54) is 28.6 Å². The van der Waals surface area contributed by atoms with Crippen LogP contribution in [0.5, 0.6) is 0 Å². The number of nitrogens with two attached hydrogens (primary N) is 1. The quantitative estimate of drug-likeness (QED) is 0.879. The van der Waals surface area contributed by atoms with Crippen molar-refractivity contribution >= 4 is 11.9 Å². The van der Waals surface area contributed by atoms with Gasteiger partial charge in [-0.15, -0.1) is 0 Å². The van der Waals surface area contributed by atoms with Crippen molar-refractivity contribution in [2.45, 2.75) is 18.4 Å². The zero-order chi connectivity index (χ0) is 15.4. The van der Waals surface area contributed by atoms with Crippen molar-refractivity contribution in [3.05, 3.63) is 47.8 Å². The number of pyridine rings is 1. The molecule has 3 rings (SSSR count). The molecule has 1 aromatic heterocycles. The van der Waals surface area contributed by atoms with Gasteiger partial charge in [-0.3, -0.25) is 15.0 Å². The Morgan fingerprint density at radius 2 is 2.05 bits per heavy atom. The number of morpholine rings is 1. The SMILES string of the molecule is Cc1cc(SN)ccc1-c1cncc(CN2CCOCC2)c1. The van der Waals surface area contributed by atoms with Gasteiger partial charge in [0, 0.05) is 42.5 Å². The molecule has 5 heteroatoms. The molecule has 1 aromatic carbocycles. The van der Waals surface area contributed by atoms with Crippen molar-refractivity contribution in [1.29, 1.82) is 0 Å². The number of hydrogen-bond donors (Lipinski definition) is 1. The molecule has 0 amide bonds. The molecule has 0 atom stereocenters. The smallest absolute Gasteiger partial charge is 0.0594 e. The highest BCUT2D eigenvalue weighted by Gasteiger charge is 2.12. The lowest BCUT2D eigenvalue weighted by Gasteiger charge is -2.26. The van der Waals surface area contributed by atoms with Crippen LogP contribution in [0.25, 0.3) is 11.1 Å². The first-order valence-electron chi connectivity index (χ1n) is 7.48. The van der Waals surface area contributed by atoms with Crippen molar-refractivity contribution in [3.63, 3.8) is 0 Å². The van der Waals surface area contributed by atoms with Crippen LogP contribution in [0.2, 0.25) is 0 Å². The summed E-state index contributed by atoms with van der Waals surface area (Å²) < 4.78 is 5.40. The van der Waals surface area contributed by atoms with Crippen LogP contribution in [-0.2, 0) is 11.3 Å². The maximum absolute atomic E-state index is 5.62. The summed E-state index contributed by atoms with van der Waals surface area (Å²) in [6.07, 6.45) is 3.89.